The predicted octanol–water partition coefficient (Wildman–Crippen LogP) is 3.78. The Labute approximate surface area is 115 Å². The third kappa shape index (κ3) is 2.96. The molecule has 2 aromatic carbocycles. The van der Waals surface area contributed by atoms with Crippen molar-refractivity contribution in [1.82, 2.24) is 0 Å². The topological polar surface area (TPSA) is 41.5 Å². The van der Waals surface area contributed by atoms with E-state index in [2.05, 4.69) is 21.2 Å². The van der Waals surface area contributed by atoms with Crippen LogP contribution in [0.1, 0.15) is 5.56 Å². The lowest BCUT2D eigenvalue weighted by Crippen LogP contribution is -2.00. The maximum atomic E-state index is 9.77. The highest BCUT2D eigenvalue weighted by molar-refractivity contribution is 9.10. The van der Waals surface area contributed by atoms with Crippen LogP contribution in [0.25, 0.3) is 0 Å². The third-order valence-electron chi connectivity index (χ3n) is 2.63. The number of phenols is 1. The van der Waals surface area contributed by atoms with Gasteiger partial charge in [0.1, 0.15) is 11.5 Å². The van der Waals surface area contributed by atoms with Crippen molar-refractivity contribution in [3.63, 3.8) is 0 Å². The Balaban J connectivity index is 2.13. The molecule has 0 aliphatic rings. The molecular formula is C14H14BrNO2. The second-order valence-electron chi connectivity index (χ2n) is 3.83. The smallest absolute Gasteiger partial charge is 0.120 e. The zero-order valence-electron chi connectivity index (χ0n) is 9.98. The van der Waals surface area contributed by atoms with Gasteiger partial charge in [-0.05, 0) is 46.3 Å². The molecule has 0 bridgehead atoms. The first kappa shape index (κ1) is 12.8. The summed E-state index contributed by atoms with van der Waals surface area (Å²) in [5.41, 5.74) is 1.78. The monoisotopic (exact) mass is 307 g/mol. The summed E-state index contributed by atoms with van der Waals surface area (Å²) in [5.74, 6) is 0.993. The summed E-state index contributed by atoms with van der Waals surface area (Å²) in [5, 5.41) is 13.0. The molecule has 2 rings (SSSR count). The van der Waals surface area contributed by atoms with E-state index in [1.807, 2.05) is 30.3 Å². The van der Waals surface area contributed by atoms with Crippen molar-refractivity contribution in [2.24, 2.45) is 0 Å². The SMILES string of the molecule is COc1ccc(O)c(CNc2ccccc2Br)c1. The van der Waals surface area contributed by atoms with Crippen molar-refractivity contribution < 1.29 is 9.84 Å². The maximum absolute atomic E-state index is 9.77. The summed E-state index contributed by atoms with van der Waals surface area (Å²) >= 11 is 3.47. The second kappa shape index (κ2) is 5.78. The van der Waals surface area contributed by atoms with Gasteiger partial charge in [-0.1, -0.05) is 12.1 Å². The average molecular weight is 308 g/mol. The molecule has 0 heterocycles. The lowest BCUT2D eigenvalue weighted by atomic mass is 10.2. The molecule has 4 heteroatoms. The molecule has 0 aliphatic carbocycles. The van der Waals surface area contributed by atoms with Gasteiger partial charge in [0.05, 0.1) is 7.11 Å². The van der Waals surface area contributed by atoms with E-state index < -0.39 is 0 Å². The van der Waals surface area contributed by atoms with E-state index in [1.54, 1.807) is 19.2 Å². The molecule has 0 radical (unpaired) electrons. The largest absolute Gasteiger partial charge is 0.508 e. The summed E-state index contributed by atoms with van der Waals surface area (Å²) in [6.45, 7) is 0.533. The molecule has 2 N–H and O–H groups in total. The number of ether oxygens (including phenoxy) is 1. The van der Waals surface area contributed by atoms with E-state index in [4.69, 9.17) is 4.74 Å². The van der Waals surface area contributed by atoms with Gasteiger partial charge in [0, 0.05) is 22.3 Å². The Bertz CT molecular complexity index is 543. The molecule has 0 atom stereocenters. The summed E-state index contributed by atoms with van der Waals surface area (Å²) in [6, 6.07) is 13.0. The van der Waals surface area contributed by atoms with Crippen molar-refractivity contribution in [3.8, 4) is 11.5 Å². The number of methoxy groups -OCH3 is 1. The van der Waals surface area contributed by atoms with Crippen LogP contribution in [0.2, 0.25) is 0 Å². The quantitative estimate of drug-likeness (QED) is 0.903. The van der Waals surface area contributed by atoms with Crippen molar-refractivity contribution >= 4 is 21.6 Å². The number of halogens is 1. The zero-order chi connectivity index (χ0) is 13.0. The predicted molar refractivity (Wildman–Crippen MR) is 76.1 cm³/mol. The number of aromatic hydroxyl groups is 1. The molecule has 0 fully saturated rings. The van der Waals surface area contributed by atoms with Crippen LogP contribution in [-0.4, -0.2) is 12.2 Å². The third-order valence-corrected chi connectivity index (χ3v) is 3.32. The van der Waals surface area contributed by atoms with Gasteiger partial charge in [0.25, 0.3) is 0 Å². The highest BCUT2D eigenvalue weighted by Crippen LogP contribution is 2.26. The minimum absolute atomic E-state index is 0.260. The fraction of sp³-hybridized carbons (Fsp3) is 0.143. The van der Waals surface area contributed by atoms with Gasteiger partial charge in [0.2, 0.25) is 0 Å². The molecule has 3 nitrogen and oxygen atoms in total. The van der Waals surface area contributed by atoms with Crippen LogP contribution >= 0.6 is 15.9 Å². The van der Waals surface area contributed by atoms with E-state index in [1.165, 1.54) is 0 Å². The van der Waals surface area contributed by atoms with E-state index in [9.17, 15) is 5.11 Å². The highest BCUT2D eigenvalue weighted by atomic mass is 79.9. The number of hydrogen-bond donors (Lipinski definition) is 2. The number of hydrogen-bond acceptors (Lipinski definition) is 3. The molecule has 0 amide bonds. The summed E-state index contributed by atoms with van der Waals surface area (Å²) in [6.07, 6.45) is 0. The molecule has 0 saturated carbocycles. The van der Waals surface area contributed by atoms with Crippen molar-refractivity contribution in [2.45, 2.75) is 6.54 Å². The Hall–Kier alpha value is -1.68. The highest BCUT2D eigenvalue weighted by Gasteiger charge is 2.04. The Morgan fingerprint density at radius 3 is 2.72 bits per heavy atom. The van der Waals surface area contributed by atoms with Crippen LogP contribution in [-0.2, 0) is 6.54 Å². The fourth-order valence-corrected chi connectivity index (χ4v) is 2.05. The molecule has 2 aromatic rings. The minimum Gasteiger partial charge on any atom is -0.508 e. The maximum Gasteiger partial charge on any atom is 0.120 e. The normalized spacial score (nSPS) is 10.1. The second-order valence-corrected chi connectivity index (χ2v) is 4.68. The Morgan fingerprint density at radius 1 is 1.22 bits per heavy atom. The van der Waals surface area contributed by atoms with Gasteiger partial charge in [-0.3, -0.25) is 0 Å². The summed E-state index contributed by atoms with van der Waals surface area (Å²) in [7, 11) is 1.61. The molecule has 0 aliphatic heterocycles. The first-order valence-electron chi connectivity index (χ1n) is 5.55. The zero-order valence-corrected chi connectivity index (χ0v) is 11.6. The van der Waals surface area contributed by atoms with E-state index in [0.717, 1.165) is 21.5 Å². The number of nitrogens with one attached hydrogen (secondary N) is 1. The molecule has 0 aromatic heterocycles. The van der Waals surface area contributed by atoms with Crippen LogP contribution < -0.4 is 10.1 Å². The van der Waals surface area contributed by atoms with E-state index >= 15 is 0 Å². The number of para-hydroxylation sites is 1. The number of benzene rings is 2. The molecule has 0 saturated heterocycles. The molecule has 0 spiro atoms. The molecular weight excluding hydrogens is 294 g/mol. The van der Waals surface area contributed by atoms with Gasteiger partial charge in [0.15, 0.2) is 0 Å². The van der Waals surface area contributed by atoms with Crippen LogP contribution in [0.15, 0.2) is 46.9 Å². The fourth-order valence-electron chi connectivity index (χ4n) is 1.63. The van der Waals surface area contributed by atoms with Gasteiger partial charge in [-0.2, -0.15) is 0 Å². The van der Waals surface area contributed by atoms with Crippen LogP contribution in [0.3, 0.4) is 0 Å². The van der Waals surface area contributed by atoms with Crippen LogP contribution in [0.4, 0.5) is 5.69 Å². The lowest BCUT2D eigenvalue weighted by molar-refractivity contribution is 0.411. The van der Waals surface area contributed by atoms with Gasteiger partial charge in [-0.25, -0.2) is 0 Å². The van der Waals surface area contributed by atoms with E-state index in [-0.39, 0.29) is 5.75 Å². The minimum atomic E-state index is 0.260. The summed E-state index contributed by atoms with van der Waals surface area (Å²) in [4.78, 5) is 0. The summed E-state index contributed by atoms with van der Waals surface area (Å²) < 4.78 is 6.13. The van der Waals surface area contributed by atoms with E-state index in [0.29, 0.717) is 6.54 Å². The Morgan fingerprint density at radius 2 is 2.00 bits per heavy atom. The molecule has 18 heavy (non-hydrogen) atoms. The van der Waals surface area contributed by atoms with Crippen molar-refractivity contribution in [1.29, 1.82) is 0 Å². The van der Waals surface area contributed by atoms with Gasteiger partial charge in [-0.15, -0.1) is 0 Å². The first-order chi connectivity index (χ1) is 8.70. The standard InChI is InChI=1S/C14H14BrNO2/c1-18-11-6-7-14(17)10(8-11)9-16-13-5-3-2-4-12(13)15/h2-8,16-17H,9H2,1H3. The number of phenolic OH excluding ortho intramolecular Hbond substituents is 1. The number of anilines is 1. The van der Waals surface area contributed by atoms with Gasteiger partial charge >= 0.3 is 0 Å². The molecule has 0 unspecified atom stereocenters. The molecule has 94 valence electrons. The van der Waals surface area contributed by atoms with Crippen molar-refractivity contribution in [2.75, 3.05) is 12.4 Å². The number of rotatable bonds is 4. The van der Waals surface area contributed by atoms with Crippen LogP contribution in [0, 0.1) is 0 Å². The first-order valence-corrected chi connectivity index (χ1v) is 6.34. The van der Waals surface area contributed by atoms with Crippen LogP contribution in [0.5, 0.6) is 11.5 Å². The average Bonchev–Trinajstić information content (AvgIpc) is 2.39. The van der Waals surface area contributed by atoms with Gasteiger partial charge < -0.3 is 15.2 Å². The Kier molecular flexibility index (Phi) is 4.10. The van der Waals surface area contributed by atoms with Crippen molar-refractivity contribution in [3.05, 3.63) is 52.5 Å². The lowest BCUT2D eigenvalue weighted by Gasteiger charge is -2.10.